The van der Waals surface area contributed by atoms with Gasteiger partial charge in [-0.3, -0.25) is 0 Å². The molecule has 3 nitrogen and oxygen atoms in total. The maximum Gasteiger partial charge on any atom is 0.143 e. The van der Waals surface area contributed by atoms with Crippen molar-refractivity contribution >= 4 is 17.4 Å². The summed E-state index contributed by atoms with van der Waals surface area (Å²) in [6.07, 6.45) is 7.70. The molecule has 4 heteroatoms. The standard InChI is InChI=1S/C12H18ClN3/c13-10-11(9-5-2-1-3-6-9)15-16-8-4-7-14-12(10)16/h9,14H,1-8H2. The number of rotatable bonds is 1. The normalized spacial score (nSPS) is 21.6. The van der Waals surface area contributed by atoms with E-state index in [2.05, 4.69) is 10.00 Å². The SMILES string of the molecule is Clc1c(C2CCCCC2)nn2c1NCCC2. The molecule has 0 spiro atoms. The third kappa shape index (κ3) is 1.71. The Morgan fingerprint density at radius 3 is 2.75 bits per heavy atom. The van der Waals surface area contributed by atoms with E-state index in [-0.39, 0.29) is 0 Å². The summed E-state index contributed by atoms with van der Waals surface area (Å²) in [6.45, 7) is 2.03. The van der Waals surface area contributed by atoms with Crippen molar-refractivity contribution in [2.24, 2.45) is 0 Å². The molecule has 0 bridgehead atoms. The molecule has 88 valence electrons. The maximum absolute atomic E-state index is 6.43. The first-order valence-corrected chi connectivity index (χ1v) is 6.74. The molecular formula is C12H18ClN3. The Morgan fingerprint density at radius 1 is 1.19 bits per heavy atom. The van der Waals surface area contributed by atoms with Crippen LogP contribution in [0.3, 0.4) is 0 Å². The average Bonchev–Trinajstić information content (AvgIpc) is 2.69. The average molecular weight is 240 g/mol. The van der Waals surface area contributed by atoms with Gasteiger partial charge in [-0.15, -0.1) is 0 Å². The van der Waals surface area contributed by atoms with Crippen molar-refractivity contribution in [2.75, 3.05) is 11.9 Å². The number of hydrogen-bond donors (Lipinski definition) is 1. The van der Waals surface area contributed by atoms with Gasteiger partial charge in [0.05, 0.1) is 5.69 Å². The Kier molecular flexibility index (Phi) is 2.80. The van der Waals surface area contributed by atoms with Crippen LogP contribution in [0.5, 0.6) is 0 Å². The van der Waals surface area contributed by atoms with Crippen LogP contribution in [0.4, 0.5) is 5.82 Å². The lowest BCUT2D eigenvalue weighted by molar-refractivity contribution is 0.430. The number of halogens is 1. The zero-order valence-corrected chi connectivity index (χ0v) is 10.3. The van der Waals surface area contributed by atoms with Crippen LogP contribution in [-0.2, 0) is 6.54 Å². The quantitative estimate of drug-likeness (QED) is 0.814. The number of fused-ring (bicyclic) bond motifs is 1. The van der Waals surface area contributed by atoms with Crippen LogP contribution >= 0.6 is 11.6 Å². The zero-order chi connectivity index (χ0) is 11.0. The Labute approximate surface area is 101 Å². The van der Waals surface area contributed by atoms with Crippen LogP contribution in [0.15, 0.2) is 0 Å². The molecule has 1 N–H and O–H groups in total. The monoisotopic (exact) mass is 239 g/mol. The number of aryl methyl sites for hydroxylation is 1. The zero-order valence-electron chi connectivity index (χ0n) is 9.51. The van der Waals surface area contributed by atoms with Gasteiger partial charge in [-0.1, -0.05) is 30.9 Å². The fourth-order valence-corrected chi connectivity index (χ4v) is 3.22. The summed E-state index contributed by atoms with van der Waals surface area (Å²) < 4.78 is 2.05. The molecule has 16 heavy (non-hydrogen) atoms. The minimum absolute atomic E-state index is 0.598. The fraction of sp³-hybridized carbons (Fsp3) is 0.750. The molecule has 1 aromatic heterocycles. The molecule has 0 aromatic carbocycles. The third-order valence-corrected chi connectivity index (χ3v) is 4.12. The molecule has 3 rings (SSSR count). The summed E-state index contributed by atoms with van der Waals surface area (Å²) >= 11 is 6.43. The lowest BCUT2D eigenvalue weighted by Crippen LogP contribution is -2.17. The number of aromatic nitrogens is 2. The lowest BCUT2D eigenvalue weighted by Gasteiger charge is -2.19. The molecule has 0 amide bonds. The van der Waals surface area contributed by atoms with Crippen LogP contribution < -0.4 is 5.32 Å². The second-order valence-corrected chi connectivity index (χ2v) is 5.26. The van der Waals surface area contributed by atoms with E-state index < -0.39 is 0 Å². The van der Waals surface area contributed by atoms with Gasteiger partial charge in [0.15, 0.2) is 0 Å². The predicted molar refractivity (Wildman–Crippen MR) is 66.2 cm³/mol. The van der Waals surface area contributed by atoms with Gasteiger partial charge in [0.25, 0.3) is 0 Å². The second kappa shape index (κ2) is 4.28. The first-order valence-electron chi connectivity index (χ1n) is 6.36. The Balaban J connectivity index is 1.91. The van der Waals surface area contributed by atoms with E-state index in [0.717, 1.165) is 36.0 Å². The smallest absolute Gasteiger partial charge is 0.143 e. The molecular weight excluding hydrogens is 222 g/mol. The summed E-state index contributed by atoms with van der Waals surface area (Å²) in [5.74, 6) is 1.65. The lowest BCUT2D eigenvalue weighted by atomic mass is 9.87. The maximum atomic E-state index is 6.43. The molecule has 1 saturated carbocycles. The van der Waals surface area contributed by atoms with E-state index in [0.29, 0.717) is 5.92 Å². The van der Waals surface area contributed by atoms with Crippen LogP contribution in [-0.4, -0.2) is 16.3 Å². The van der Waals surface area contributed by atoms with E-state index in [9.17, 15) is 0 Å². The minimum atomic E-state index is 0.598. The van der Waals surface area contributed by atoms with Crippen LogP contribution in [0.1, 0.15) is 50.1 Å². The summed E-state index contributed by atoms with van der Waals surface area (Å²) in [4.78, 5) is 0. The van der Waals surface area contributed by atoms with Gasteiger partial charge in [-0.05, 0) is 19.3 Å². The van der Waals surface area contributed by atoms with Gasteiger partial charge in [0.2, 0.25) is 0 Å². The molecule has 2 heterocycles. The van der Waals surface area contributed by atoms with Gasteiger partial charge in [-0.25, -0.2) is 4.68 Å². The highest BCUT2D eigenvalue weighted by Gasteiger charge is 2.25. The Bertz CT molecular complexity index is 380. The number of hydrogen-bond acceptors (Lipinski definition) is 2. The van der Waals surface area contributed by atoms with E-state index >= 15 is 0 Å². The predicted octanol–water partition coefficient (Wildman–Crippen LogP) is 3.40. The van der Waals surface area contributed by atoms with Gasteiger partial charge in [0.1, 0.15) is 10.8 Å². The molecule has 0 atom stereocenters. The second-order valence-electron chi connectivity index (χ2n) is 4.89. The highest BCUT2D eigenvalue weighted by molar-refractivity contribution is 6.33. The van der Waals surface area contributed by atoms with Crippen LogP contribution in [0.2, 0.25) is 5.02 Å². The molecule has 1 fully saturated rings. The molecule has 1 aromatic rings. The number of nitrogens with zero attached hydrogens (tertiary/aromatic N) is 2. The highest BCUT2D eigenvalue weighted by atomic mass is 35.5. The summed E-state index contributed by atoms with van der Waals surface area (Å²) in [5, 5.41) is 8.94. The first-order chi connectivity index (χ1) is 7.86. The molecule has 2 aliphatic rings. The molecule has 1 aliphatic heterocycles. The van der Waals surface area contributed by atoms with Gasteiger partial charge in [-0.2, -0.15) is 5.10 Å². The van der Waals surface area contributed by atoms with Crippen molar-refractivity contribution in [1.29, 1.82) is 0 Å². The van der Waals surface area contributed by atoms with Gasteiger partial charge < -0.3 is 5.32 Å². The van der Waals surface area contributed by atoms with Crippen LogP contribution in [0, 0.1) is 0 Å². The van der Waals surface area contributed by atoms with E-state index in [1.807, 2.05) is 0 Å². The van der Waals surface area contributed by atoms with E-state index in [1.165, 1.54) is 32.1 Å². The summed E-state index contributed by atoms with van der Waals surface area (Å²) in [7, 11) is 0. The number of anilines is 1. The van der Waals surface area contributed by atoms with Crippen LogP contribution in [0.25, 0.3) is 0 Å². The van der Waals surface area contributed by atoms with Crippen molar-refractivity contribution in [3.05, 3.63) is 10.7 Å². The van der Waals surface area contributed by atoms with Crippen molar-refractivity contribution < 1.29 is 0 Å². The topological polar surface area (TPSA) is 29.9 Å². The summed E-state index contributed by atoms with van der Waals surface area (Å²) in [5.41, 5.74) is 1.14. The fourth-order valence-electron chi connectivity index (χ4n) is 2.86. The first kappa shape index (κ1) is 10.5. The van der Waals surface area contributed by atoms with Gasteiger partial charge in [0, 0.05) is 19.0 Å². The Morgan fingerprint density at radius 2 is 2.00 bits per heavy atom. The minimum Gasteiger partial charge on any atom is -0.369 e. The Hall–Kier alpha value is -0.700. The summed E-state index contributed by atoms with van der Waals surface area (Å²) in [6, 6.07) is 0. The van der Waals surface area contributed by atoms with Gasteiger partial charge >= 0.3 is 0 Å². The van der Waals surface area contributed by atoms with Crippen molar-refractivity contribution in [2.45, 2.75) is 51.0 Å². The van der Waals surface area contributed by atoms with Crippen molar-refractivity contribution in [3.63, 3.8) is 0 Å². The van der Waals surface area contributed by atoms with Crippen molar-refractivity contribution in [3.8, 4) is 0 Å². The van der Waals surface area contributed by atoms with E-state index in [1.54, 1.807) is 0 Å². The molecule has 0 saturated heterocycles. The number of nitrogens with one attached hydrogen (secondary N) is 1. The molecule has 0 radical (unpaired) electrons. The highest BCUT2D eigenvalue weighted by Crippen LogP contribution is 2.39. The largest absolute Gasteiger partial charge is 0.369 e. The molecule has 0 unspecified atom stereocenters. The van der Waals surface area contributed by atoms with E-state index in [4.69, 9.17) is 16.7 Å². The third-order valence-electron chi connectivity index (χ3n) is 3.75. The molecule has 1 aliphatic carbocycles. The van der Waals surface area contributed by atoms with Crippen molar-refractivity contribution in [1.82, 2.24) is 9.78 Å².